The lowest BCUT2D eigenvalue weighted by molar-refractivity contribution is 0.101. The second-order valence-electron chi connectivity index (χ2n) is 7.92. The van der Waals surface area contributed by atoms with Crippen molar-refractivity contribution in [2.75, 3.05) is 41.8 Å². The number of hydrogen-bond donors (Lipinski definition) is 2. The van der Waals surface area contributed by atoms with Crippen molar-refractivity contribution in [3.63, 3.8) is 0 Å². The number of alkyl halides is 1. The highest BCUT2D eigenvalue weighted by Gasteiger charge is 2.14. The molecule has 2 N–H and O–H groups in total. The van der Waals surface area contributed by atoms with E-state index in [-0.39, 0.29) is 11.8 Å². The molecule has 0 saturated carbocycles. The highest BCUT2D eigenvalue weighted by atomic mass is 35.5. The summed E-state index contributed by atoms with van der Waals surface area (Å²) in [4.78, 5) is 27.8. The topological polar surface area (TPSA) is 70.7 Å². The van der Waals surface area contributed by atoms with Crippen LogP contribution in [0.15, 0.2) is 66.7 Å². The Morgan fingerprint density at radius 2 is 1.61 bits per heavy atom. The van der Waals surface area contributed by atoms with Gasteiger partial charge in [-0.2, -0.15) is 0 Å². The van der Waals surface area contributed by atoms with E-state index in [1.165, 1.54) is 0 Å². The molecule has 1 saturated heterocycles. The van der Waals surface area contributed by atoms with Crippen molar-refractivity contribution in [2.24, 2.45) is 0 Å². The molecule has 1 aliphatic heterocycles. The van der Waals surface area contributed by atoms with Gasteiger partial charge in [-0.3, -0.25) is 9.59 Å². The van der Waals surface area contributed by atoms with Gasteiger partial charge in [-0.1, -0.05) is 24.3 Å². The summed E-state index contributed by atoms with van der Waals surface area (Å²) in [6, 6.07) is 20.2. The van der Waals surface area contributed by atoms with Gasteiger partial charge in [-0.25, -0.2) is 0 Å². The second kappa shape index (κ2) is 10.5. The number of carbonyl (C=O) groups excluding carboxylic acids is 2. The van der Waals surface area contributed by atoms with E-state index in [1.54, 1.807) is 30.3 Å². The molecule has 0 spiro atoms. The van der Waals surface area contributed by atoms with Crippen molar-refractivity contribution in [1.82, 2.24) is 0 Å². The van der Waals surface area contributed by atoms with Gasteiger partial charge in [0.1, 0.15) is 0 Å². The fraction of sp³-hybridized carbons (Fsp3) is 0.231. The van der Waals surface area contributed by atoms with Crippen LogP contribution in [-0.4, -0.2) is 38.1 Å². The summed E-state index contributed by atoms with van der Waals surface area (Å²) in [6.45, 7) is 4.89. The molecule has 4 rings (SSSR count). The Morgan fingerprint density at radius 3 is 2.36 bits per heavy atom. The van der Waals surface area contributed by atoms with Crippen molar-refractivity contribution in [3.8, 4) is 0 Å². The lowest BCUT2D eigenvalue weighted by Gasteiger charge is -2.29. The molecule has 6 nitrogen and oxygen atoms in total. The van der Waals surface area contributed by atoms with E-state index >= 15 is 0 Å². The Hall–Kier alpha value is -3.35. The van der Waals surface area contributed by atoms with Crippen molar-refractivity contribution >= 4 is 40.5 Å². The van der Waals surface area contributed by atoms with Gasteiger partial charge in [0.25, 0.3) is 11.8 Å². The molecule has 0 radical (unpaired) electrons. The van der Waals surface area contributed by atoms with Crippen LogP contribution in [0.3, 0.4) is 0 Å². The zero-order valence-corrected chi connectivity index (χ0v) is 19.2. The van der Waals surface area contributed by atoms with Crippen molar-refractivity contribution < 1.29 is 14.3 Å². The number of amides is 2. The summed E-state index contributed by atoms with van der Waals surface area (Å²) in [5.74, 6) is -0.0955. The zero-order chi connectivity index (χ0) is 23.2. The second-order valence-corrected chi connectivity index (χ2v) is 8.19. The highest BCUT2D eigenvalue weighted by Crippen LogP contribution is 2.23. The molecule has 1 fully saturated rings. The normalized spacial score (nSPS) is 13.5. The summed E-state index contributed by atoms with van der Waals surface area (Å²) in [5.41, 5.74) is 5.11. The molecule has 1 heterocycles. The number of rotatable bonds is 6. The van der Waals surface area contributed by atoms with Crippen LogP contribution in [-0.2, 0) is 10.6 Å². The van der Waals surface area contributed by atoms with E-state index in [9.17, 15) is 9.59 Å². The molecule has 0 bridgehead atoms. The minimum absolute atomic E-state index is 0.207. The lowest BCUT2D eigenvalue weighted by atomic mass is 10.1. The SMILES string of the molecule is Cc1ccc(NC(=O)c2cccc(N3CCOCC3)c2)cc1NC(=O)c1cccc(CCl)c1. The predicted octanol–water partition coefficient (Wildman–Crippen LogP) is 5.08. The van der Waals surface area contributed by atoms with Crippen LogP contribution in [0.25, 0.3) is 0 Å². The van der Waals surface area contributed by atoms with Gasteiger partial charge in [0.2, 0.25) is 0 Å². The number of nitrogens with one attached hydrogen (secondary N) is 2. The number of aryl methyl sites for hydroxylation is 1. The maximum atomic E-state index is 12.9. The van der Waals surface area contributed by atoms with Crippen molar-refractivity contribution in [3.05, 3.63) is 89.0 Å². The largest absolute Gasteiger partial charge is 0.378 e. The Kier molecular flexibility index (Phi) is 7.27. The molecule has 1 aliphatic rings. The van der Waals surface area contributed by atoms with Crippen LogP contribution in [0.4, 0.5) is 17.1 Å². The lowest BCUT2D eigenvalue weighted by Crippen LogP contribution is -2.36. The third-order valence-corrected chi connectivity index (χ3v) is 5.88. The quantitative estimate of drug-likeness (QED) is 0.500. The molecular formula is C26H26ClN3O3. The van der Waals surface area contributed by atoms with E-state index in [4.69, 9.17) is 16.3 Å². The third kappa shape index (κ3) is 5.72. The standard InChI is InChI=1S/C26H26ClN3O3/c1-18-8-9-22(16-24(18)29-26(32)20-5-2-4-19(14-20)17-27)28-25(31)21-6-3-7-23(15-21)30-10-12-33-13-11-30/h2-9,14-16H,10-13,17H2,1H3,(H,28,31)(H,29,32). The summed E-state index contributed by atoms with van der Waals surface area (Å²) in [6.07, 6.45) is 0. The molecule has 0 atom stereocenters. The Balaban J connectivity index is 1.47. The fourth-order valence-corrected chi connectivity index (χ4v) is 3.86. The van der Waals surface area contributed by atoms with Gasteiger partial charge < -0.3 is 20.3 Å². The number of ether oxygens (including phenoxy) is 1. The maximum Gasteiger partial charge on any atom is 0.255 e. The fourth-order valence-electron chi connectivity index (χ4n) is 3.69. The van der Waals surface area contributed by atoms with Gasteiger partial charge in [0.05, 0.1) is 13.2 Å². The Morgan fingerprint density at radius 1 is 0.909 bits per heavy atom. The first-order valence-electron chi connectivity index (χ1n) is 10.8. The smallest absolute Gasteiger partial charge is 0.255 e. The van der Waals surface area contributed by atoms with Crippen LogP contribution in [0.1, 0.15) is 31.8 Å². The molecule has 7 heteroatoms. The van der Waals surface area contributed by atoms with Crippen molar-refractivity contribution in [2.45, 2.75) is 12.8 Å². The Bertz CT molecular complexity index is 1160. The summed E-state index contributed by atoms with van der Waals surface area (Å²) >= 11 is 5.88. The average molecular weight is 464 g/mol. The number of anilines is 3. The van der Waals surface area contributed by atoms with Gasteiger partial charge in [0.15, 0.2) is 0 Å². The summed E-state index contributed by atoms with van der Waals surface area (Å²) < 4.78 is 5.41. The predicted molar refractivity (Wildman–Crippen MR) is 133 cm³/mol. The number of halogens is 1. The molecule has 3 aromatic rings. The van der Waals surface area contributed by atoms with Gasteiger partial charge in [0, 0.05) is 47.2 Å². The molecule has 0 aromatic heterocycles. The van der Waals surface area contributed by atoms with Crippen LogP contribution < -0.4 is 15.5 Å². The van der Waals surface area contributed by atoms with Crippen LogP contribution in [0.2, 0.25) is 0 Å². The van der Waals surface area contributed by atoms with Crippen molar-refractivity contribution in [1.29, 1.82) is 0 Å². The van der Waals surface area contributed by atoms with Gasteiger partial charge in [-0.05, 0) is 60.5 Å². The van der Waals surface area contributed by atoms with E-state index in [2.05, 4.69) is 15.5 Å². The zero-order valence-electron chi connectivity index (χ0n) is 18.4. The molecule has 3 aromatic carbocycles. The number of nitrogens with zero attached hydrogens (tertiary/aromatic N) is 1. The first-order chi connectivity index (χ1) is 16.0. The monoisotopic (exact) mass is 463 g/mol. The van der Waals surface area contributed by atoms with Crippen LogP contribution in [0, 0.1) is 6.92 Å². The van der Waals surface area contributed by atoms with E-state index < -0.39 is 0 Å². The first kappa shape index (κ1) is 22.8. The molecule has 2 amide bonds. The minimum atomic E-state index is -0.230. The minimum Gasteiger partial charge on any atom is -0.378 e. The molecule has 0 aliphatic carbocycles. The molecular weight excluding hydrogens is 438 g/mol. The van der Waals surface area contributed by atoms with E-state index in [0.29, 0.717) is 41.6 Å². The molecule has 33 heavy (non-hydrogen) atoms. The molecule has 170 valence electrons. The number of hydrogen-bond acceptors (Lipinski definition) is 4. The average Bonchev–Trinajstić information content (AvgIpc) is 2.86. The summed E-state index contributed by atoms with van der Waals surface area (Å²) in [7, 11) is 0. The number of benzene rings is 3. The molecule has 0 unspecified atom stereocenters. The number of carbonyl (C=O) groups is 2. The van der Waals surface area contributed by atoms with Gasteiger partial charge >= 0.3 is 0 Å². The highest BCUT2D eigenvalue weighted by molar-refractivity contribution is 6.17. The van der Waals surface area contributed by atoms with Gasteiger partial charge in [-0.15, -0.1) is 11.6 Å². The third-order valence-electron chi connectivity index (χ3n) is 5.57. The maximum absolute atomic E-state index is 12.9. The summed E-state index contributed by atoms with van der Waals surface area (Å²) in [5, 5.41) is 5.87. The van der Waals surface area contributed by atoms with Crippen LogP contribution >= 0.6 is 11.6 Å². The number of morpholine rings is 1. The van der Waals surface area contributed by atoms with E-state index in [0.717, 1.165) is 29.9 Å². The first-order valence-corrected chi connectivity index (χ1v) is 11.4. The van der Waals surface area contributed by atoms with E-state index in [1.807, 2.05) is 43.3 Å². The van der Waals surface area contributed by atoms with Crippen LogP contribution in [0.5, 0.6) is 0 Å². The Labute approximate surface area is 198 Å².